The number of hydrogen-bond donors (Lipinski definition) is 3. The predicted molar refractivity (Wildman–Crippen MR) is 126 cm³/mol. The van der Waals surface area contributed by atoms with Crippen LogP contribution in [0, 0.1) is 0 Å². The van der Waals surface area contributed by atoms with Crippen LogP contribution in [0.3, 0.4) is 0 Å². The van der Waals surface area contributed by atoms with Crippen molar-refractivity contribution in [3.05, 3.63) is 45.8 Å². The van der Waals surface area contributed by atoms with Crippen molar-refractivity contribution >= 4 is 28.2 Å². The number of hydrogen-bond acceptors (Lipinski definition) is 5. The molecule has 0 fully saturated rings. The fourth-order valence-corrected chi connectivity index (χ4v) is 5.57. The molecule has 0 unspecified atom stereocenters. The highest BCUT2D eigenvalue weighted by Gasteiger charge is 2.41. The average molecular weight is 444 g/mol. The maximum Gasteiger partial charge on any atom is 0.256 e. The maximum atomic E-state index is 12.9. The molecule has 0 aliphatic carbocycles. The van der Waals surface area contributed by atoms with Gasteiger partial charge in [-0.3, -0.25) is 9.59 Å². The topological polar surface area (TPSA) is 93.4 Å². The molecule has 168 valence electrons. The van der Waals surface area contributed by atoms with E-state index in [-0.39, 0.29) is 17.0 Å². The molecule has 0 bridgehead atoms. The number of anilines is 1. The minimum atomic E-state index is -0.517. The van der Waals surface area contributed by atoms with Crippen LogP contribution in [0.15, 0.2) is 24.3 Å². The Bertz CT molecular complexity index is 961. The summed E-state index contributed by atoms with van der Waals surface area (Å²) in [5.41, 5.74) is 7.08. The molecular weight excluding hydrogens is 410 g/mol. The standard InChI is InChI=1S/C24H33N3O3S/c1-6-7-8-13-30-16-11-9-15(10-12-16)21(29)26-22-18(20(25)28)17-14-23(2,3)27-24(4,5)19(17)31-22/h9-12,27H,6-8,13-14H2,1-5H3,(H2,25,28)(H,26,29). The zero-order chi connectivity index (χ0) is 22.8. The molecule has 1 aliphatic rings. The molecule has 7 heteroatoms. The van der Waals surface area contributed by atoms with Crippen LogP contribution >= 0.6 is 11.3 Å². The van der Waals surface area contributed by atoms with Crippen molar-refractivity contribution in [2.24, 2.45) is 5.73 Å². The van der Waals surface area contributed by atoms with Crippen molar-refractivity contribution in [1.29, 1.82) is 0 Å². The third-order valence-electron chi connectivity index (χ3n) is 5.45. The first-order valence-electron chi connectivity index (χ1n) is 10.8. The van der Waals surface area contributed by atoms with Crippen LogP contribution in [-0.2, 0) is 12.0 Å². The molecule has 2 aromatic rings. The Balaban J connectivity index is 1.81. The second-order valence-corrected chi connectivity index (χ2v) is 10.3. The lowest BCUT2D eigenvalue weighted by atomic mass is 9.81. The lowest BCUT2D eigenvalue weighted by Crippen LogP contribution is -2.55. The summed E-state index contributed by atoms with van der Waals surface area (Å²) in [5.74, 6) is -0.0482. The number of nitrogens with one attached hydrogen (secondary N) is 2. The number of carbonyl (C=O) groups excluding carboxylic acids is 2. The predicted octanol–water partition coefficient (Wildman–Crippen LogP) is 4.83. The number of ether oxygens (including phenoxy) is 1. The van der Waals surface area contributed by atoms with Crippen molar-refractivity contribution in [2.75, 3.05) is 11.9 Å². The highest BCUT2D eigenvalue weighted by Crippen LogP contribution is 2.45. The van der Waals surface area contributed by atoms with Gasteiger partial charge in [0.2, 0.25) is 0 Å². The van der Waals surface area contributed by atoms with Gasteiger partial charge >= 0.3 is 0 Å². The molecule has 0 spiro atoms. The highest BCUT2D eigenvalue weighted by atomic mass is 32.1. The Morgan fingerprint density at radius 1 is 1.16 bits per heavy atom. The molecular formula is C24H33N3O3S. The van der Waals surface area contributed by atoms with Gasteiger partial charge in [-0.2, -0.15) is 0 Å². The number of benzene rings is 1. The van der Waals surface area contributed by atoms with Gasteiger partial charge in [-0.25, -0.2) is 0 Å². The fraction of sp³-hybridized carbons (Fsp3) is 0.500. The Morgan fingerprint density at radius 2 is 1.84 bits per heavy atom. The molecule has 1 aromatic carbocycles. The molecule has 1 aliphatic heterocycles. The van der Waals surface area contributed by atoms with E-state index in [1.54, 1.807) is 24.3 Å². The first kappa shape index (κ1) is 23.3. The van der Waals surface area contributed by atoms with E-state index < -0.39 is 5.91 Å². The molecule has 0 saturated heterocycles. The lowest BCUT2D eigenvalue weighted by Gasteiger charge is -2.42. The van der Waals surface area contributed by atoms with E-state index in [1.807, 2.05) is 0 Å². The van der Waals surface area contributed by atoms with Gasteiger partial charge in [0, 0.05) is 21.5 Å². The van der Waals surface area contributed by atoms with Crippen molar-refractivity contribution in [3.8, 4) is 5.75 Å². The Morgan fingerprint density at radius 3 is 2.45 bits per heavy atom. The van der Waals surface area contributed by atoms with Crippen LogP contribution in [0.5, 0.6) is 5.75 Å². The third-order valence-corrected chi connectivity index (χ3v) is 6.92. The maximum absolute atomic E-state index is 12.9. The number of nitrogens with two attached hydrogens (primary N) is 1. The van der Waals surface area contributed by atoms with Crippen molar-refractivity contribution in [1.82, 2.24) is 5.32 Å². The first-order valence-corrected chi connectivity index (χ1v) is 11.7. The fourth-order valence-electron chi connectivity index (χ4n) is 4.30. The summed E-state index contributed by atoms with van der Waals surface area (Å²) < 4.78 is 5.71. The largest absolute Gasteiger partial charge is 0.494 e. The minimum absolute atomic E-state index is 0.185. The van der Waals surface area contributed by atoms with Crippen LogP contribution in [0.25, 0.3) is 0 Å². The zero-order valence-electron chi connectivity index (χ0n) is 19.1. The number of carbonyl (C=O) groups is 2. The van der Waals surface area contributed by atoms with Crippen LogP contribution in [-0.4, -0.2) is 24.0 Å². The van der Waals surface area contributed by atoms with E-state index in [4.69, 9.17) is 10.5 Å². The van der Waals surface area contributed by atoms with Gasteiger partial charge in [0.15, 0.2) is 0 Å². The summed E-state index contributed by atoms with van der Waals surface area (Å²) in [4.78, 5) is 26.2. The number of primary amides is 1. The second kappa shape index (κ2) is 9.01. The SMILES string of the molecule is CCCCCOc1ccc(C(=O)Nc2sc3c(c2C(N)=O)CC(C)(C)NC3(C)C)cc1. The molecule has 2 amide bonds. The van der Waals surface area contributed by atoms with Gasteiger partial charge in [0.05, 0.1) is 12.2 Å². The average Bonchev–Trinajstić information content (AvgIpc) is 3.03. The lowest BCUT2D eigenvalue weighted by molar-refractivity contribution is 0.0999. The minimum Gasteiger partial charge on any atom is -0.494 e. The van der Waals surface area contributed by atoms with Gasteiger partial charge < -0.3 is 21.1 Å². The normalized spacial score (nSPS) is 16.4. The van der Waals surface area contributed by atoms with Gasteiger partial charge in [-0.15, -0.1) is 11.3 Å². The summed E-state index contributed by atoms with van der Waals surface area (Å²) in [5, 5.41) is 7.04. The second-order valence-electron chi connectivity index (χ2n) is 9.32. The monoisotopic (exact) mass is 443 g/mol. The van der Waals surface area contributed by atoms with Crippen molar-refractivity contribution < 1.29 is 14.3 Å². The van der Waals surface area contributed by atoms with E-state index in [0.717, 1.165) is 35.5 Å². The van der Waals surface area contributed by atoms with Crippen molar-refractivity contribution in [3.63, 3.8) is 0 Å². The zero-order valence-corrected chi connectivity index (χ0v) is 19.9. The van der Waals surface area contributed by atoms with Crippen LogP contribution in [0.1, 0.15) is 85.0 Å². The summed E-state index contributed by atoms with van der Waals surface area (Å²) >= 11 is 1.42. The first-order chi connectivity index (χ1) is 14.5. The third kappa shape index (κ3) is 5.28. The summed E-state index contributed by atoms with van der Waals surface area (Å²) in [6.07, 6.45) is 3.96. The number of fused-ring (bicyclic) bond motifs is 1. The van der Waals surface area contributed by atoms with Gasteiger partial charge in [-0.05, 0) is 70.4 Å². The molecule has 31 heavy (non-hydrogen) atoms. The Kier molecular flexibility index (Phi) is 6.76. The van der Waals surface area contributed by atoms with Crippen LogP contribution in [0.4, 0.5) is 5.00 Å². The Hall–Kier alpha value is -2.38. The summed E-state index contributed by atoms with van der Waals surface area (Å²) in [6.45, 7) is 11.2. The number of rotatable bonds is 8. The van der Waals surface area contributed by atoms with Gasteiger partial charge in [0.1, 0.15) is 10.8 Å². The number of unbranched alkanes of at least 4 members (excludes halogenated alkanes) is 2. The molecule has 6 nitrogen and oxygen atoms in total. The van der Waals surface area contributed by atoms with Crippen molar-refractivity contribution in [2.45, 2.75) is 71.4 Å². The van der Waals surface area contributed by atoms with Crippen LogP contribution < -0.4 is 21.1 Å². The number of amides is 2. The Labute approximate surface area is 188 Å². The summed E-state index contributed by atoms with van der Waals surface area (Å²) in [6, 6.07) is 7.06. The van der Waals surface area contributed by atoms with Gasteiger partial charge in [-0.1, -0.05) is 19.8 Å². The van der Waals surface area contributed by atoms with E-state index in [0.29, 0.717) is 29.2 Å². The van der Waals surface area contributed by atoms with Crippen LogP contribution in [0.2, 0.25) is 0 Å². The van der Waals surface area contributed by atoms with E-state index in [1.165, 1.54) is 11.3 Å². The number of thiophene rings is 1. The van der Waals surface area contributed by atoms with E-state index >= 15 is 0 Å². The summed E-state index contributed by atoms with van der Waals surface area (Å²) in [7, 11) is 0. The molecule has 0 radical (unpaired) electrons. The van der Waals surface area contributed by atoms with E-state index in [2.05, 4.69) is 45.3 Å². The quantitative estimate of drug-likeness (QED) is 0.510. The molecule has 1 aromatic heterocycles. The molecule has 4 N–H and O–H groups in total. The van der Waals surface area contributed by atoms with Gasteiger partial charge in [0.25, 0.3) is 11.8 Å². The highest BCUT2D eigenvalue weighted by molar-refractivity contribution is 7.17. The molecule has 2 heterocycles. The molecule has 0 atom stereocenters. The smallest absolute Gasteiger partial charge is 0.256 e. The molecule has 0 saturated carbocycles. The molecule has 3 rings (SSSR count). The van der Waals surface area contributed by atoms with E-state index in [9.17, 15) is 9.59 Å².